The van der Waals surface area contributed by atoms with Crippen LogP contribution in [0, 0.1) is 0 Å². The molecule has 0 spiro atoms. The molecular weight excluding hydrogens is 258 g/mol. The molecule has 80 valence electrons. The Kier molecular flexibility index (Phi) is 4.37. The lowest BCUT2D eigenvalue weighted by molar-refractivity contribution is 0.0958. The number of hydrogen-bond donors (Lipinski definition) is 1. The number of rotatable bonds is 4. The third-order valence-electron chi connectivity index (χ3n) is 1.82. The van der Waals surface area contributed by atoms with Gasteiger partial charge in [-0.3, -0.25) is 4.79 Å². The molecule has 0 saturated heterocycles. The molecule has 1 aromatic rings. The Labute approximate surface area is 97.3 Å². The molecule has 0 unspecified atom stereocenters. The predicted octanol–water partition coefficient (Wildman–Crippen LogP) is 2.37. The maximum Gasteiger partial charge on any atom is 0.251 e. The second-order valence-corrected chi connectivity index (χ2v) is 3.70. The van der Waals surface area contributed by atoms with Crippen molar-refractivity contribution in [2.75, 3.05) is 13.7 Å². The van der Waals surface area contributed by atoms with Gasteiger partial charge >= 0.3 is 0 Å². The van der Waals surface area contributed by atoms with Gasteiger partial charge in [-0.25, -0.2) is 0 Å². The summed E-state index contributed by atoms with van der Waals surface area (Å²) in [7, 11) is 1.58. The molecule has 0 heterocycles. The van der Waals surface area contributed by atoms with E-state index in [2.05, 4.69) is 27.8 Å². The standard InChI is InChI=1S/C11H12BrNO2/c1-3-6-13-11(14)8-4-5-10(15-2)9(12)7-8/h3-5,7H,1,6H2,2H3,(H,13,14). The highest BCUT2D eigenvalue weighted by molar-refractivity contribution is 9.10. The summed E-state index contributed by atoms with van der Waals surface area (Å²) in [4.78, 5) is 11.5. The molecule has 15 heavy (non-hydrogen) atoms. The summed E-state index contributed by atoms with van der Waals surface area (Å²) in [6, 6.07) is 5.17. The number of methoxy groups -OCH3 is 1. The van der Waals surface area contributed by atoms with E-state index in [-0.39, 0.29) is 5.91 Å². The van der Waals surface area contributed by atoms with Crippen molar-refractivity contribution >= 4 is 21.8 Å². The third-order valence-corrected chi connectivity index (χ3v) is 2.44. The predicted molar refractivity (Wildman–Crippen MR) is 63.2 cm³/mol. The second-order valence-electron chi connectivity index (χ2n) is 2.85. The first-order chi connectivity index (χ1) is 7.19. The van der Waals surface area contributed by atoms with Crippen LogP contribution in [0.3, 0.4) is 0 Å². The van der Waals surface area contributed by atoms with Gasteiger partial charge in [-0.2, -0.15) is 0 Å². The van der Waals surface area contributed by atoms with Gasteiger partial charge in [0.25, 0.3) is 5.91 Å². The molecule has 0 aliphatic heterocycles. The first kappa shape index (κ1) is 11.8. The smallest absolute Gasteiger partial charge is 0.251 e. The van der Waals surface area contributed by atoms with Crippen LogP contribution in [0.25, 0.3) is 0 Å². The highest BCUT2D eigenvalue weighted by atomic mass is 79.9. The average molecular weight is 270 g/mol. The maximum absolute atomic E-state index is 11.5. The normalized spacial score (nSPS) is 9.47. The van der Waals surface area contributed by atoms with E-state index in [1.807, 2.05) is 0 Å². The van der Waals surface area contributed by atoms with Crippen molar-refractivity contribution in [2.45, 2.75) is 0 Å². The van der Waals surface area contributed by atoms with Crippen LogP contribution >= 0.6 is 15.9 Å². The molecule has 0 atom stereocenters. The molecule has 0 radical (unpaired) electrons. The summed E-state index contributed by atoms with van der Waals surface area (Å²) < 4.78 is 5.83. The Morgan fingerprint density at radius 2 is 2.40 bits per heavy atom. The van der Waals surface area contributed by atoms with Crippen LogP contribution < -0.4 is 10.1 Å². The summed E-state index contributed by atoms with van der Waals surface area (Å²) in [5.41, 5.74) is 0.588. The summed E-state index contributed by atoms with van der Waals surface area (Å²) in [6.07, 6.45) is 1.64. The fraction of sp³-hybridized carbons (Fsp3) is 0.182. The van der Waals surface area contributed by atoms with Gasteiger partial charge in [-0.1, -0.05) is 6.08 Å². The molecule has 4 heteroatoms. The summed E-state index contributed by atoms with van der Waals surface area (Å²) in [5.74, 6) is 0.577. The van der Waals surface area contributed by atoms with Gasteiger partial charge < -0.3 is 10.1 Å². The summed E-state index contributed by atoms with van der Waals surface area (Å²) in [5, 5.41) is 2.69. The SMILES string of the molecule is C=CCNC(=O)c1ccc(OC)c(Br)c1. The van der Waals surface area contributed by atoms with E-state index < -0.39 is 0 Å². The number of benzene rings is 1. The Morgan fingerprint density at radius 1 is 1.67 bits per heavy atom. The van der Waals surface area contributed by atoms with Crippen LogP contribution in [0.1, 0.15) is 10.4 Å². The van der Waals surface area contributed by atoms with E-state index in [0.29, 0.717) is 17.9 Å². The second kappa shape index (κ2) is 5.56. The van der Waals surface area contributed by atoms with E-state index in [4.69, 9.17) is 4.74 Å². The zero-order valence-electron chi connectivity index (χ0n) is 8.42. The van der Waals surface area contributed by atoms with Crippen molar-refractivity contribution in [3.63, 3.8) is 0 Å². The van der Waals surface area contributed by atoms with E-state index >= 15 is 0 Å². The highest BCUT2D eigenvalue weighted by Crippen LogP contribution is 2.25. The van der Waals surface area contributed by atoms with Gasteiger partial charge in [-0.05, 0) is 34.1 Å². The maximum atomic E-state index is 11.5. The molecule has 0 bridgehead atoms. The molecular formula is C11H12BrNO2. The Balaban J connectivity index is 2.82. The highest BCUT2D eigenvalue weighted by Gasteiger charge is 2.07. The van der Waals surface area contributed by atoms with Crippen LogP contribution in [-0.2, 0) is 0 Å². The molecule has 1 aromatic carbocycles. The zero-order valence-corrected chi connectivity index (χ0v) is 10.0. The number of carbonyl (C=O) groups is 1. The first-order valence-electron chi connectivity index (χ1n) is 4.41. The van der Waals surface area contributed by atoms with Gasteiger partial charge in [0.1, 0.15) is 5.75 Å². The zero-order chi connectivity index (χ0) is 11.3. The Bertz CT molecular complexity index is 377. The van der Waals surface area contributed by atoms with E-state index in [1.165, 1.54) is 0 Å². The molecule has 1 amide bonds. The minimum Gasteiger partial charge on any atom is -0.496 e. The topological polar surface area (TPSA) is 38.3 Å². The lowest BCUT2D eigenvalue weighted by Crippen LogP contribution is -2.23. The number of amides is 1. The Hall–Kier alpha value is -1.29. The molecule has 1 N–H and O–H groups in total. The lowest BCUT2D eigenvalue weighted by atomic mass is 10.2. The van der Waals surface area contributed by atoms with Gasteiger partial charge in [-0.15, -0.1) is 6.58 Å². The number of carbonyl (C=O) groups excluding carboxylic acids is 1. The van der Waals surface area contributed by atoms with Crippen LogP contribution in [0.4, 0.5) is 0 Å². The van der Waals surface area contributed by atoms with E-state index in [1.54, 1.807) is 31.4 Å². The van der Waals surface area contributed by atoms with Gasteiger partial charge in [0, 0.05) is 12.1 Å². The van der Waals surface area contributed by atoms with Gasteiger partial charge in [0.05, 0.1) is 11.6 Å². The number of ether oxygens (including phenoxy) is 1. The van der Waals surface area contributed by atoms with Crippen LogP contribution in [0.5, 0.6) is 5.75 Å². The van der Waals surface area contributed by atoms with Crippen LogP contribution in [-0.4, -0.2) is 19.6 Å². The van der Waals surface area contributed by atoms with Crippen molar-refractivity contribution in [1.82, 2.24) is 5.32 Å². The third kappa shape index (κ3) is 3.09. The molecule has 0 aliphatic rings. The molecule has 0 aromatic heterocycles. The molecule has 0 saturated carbocycles. The van der Waals surface area contributed by atoms with Crippen molar-refractivity contribution in [3.05, 3.63) is 40.9 Å². The molecule has 1 rings (SSSR count). The van der Waals surface area contributed by atoms with Crippen molar-refractivity contribution in [2.24, 2.45) is 0 Å². The molecule has 0 fully saturated rings. The lowest BCUT2D eigenvalue weighted by Gasteiger charge is -2.06. The molecule has 3 nitrogen and oxygen atoms in total. The quantitative estimate of drug-likeness (QED) is 0.853. The fourth-order valence-corrected chi connectivity index (χ4v) is 1.62. The van der Waals surface area contributed by atoms with Crippen molar-refractivity contribution in [3.8, 4) is 5.75 Å². The van der Waals surface area contributed by atoms with E-state index in [9.17, 15) is 4.79 Å². The minimum absolute atomic E-state index is 0.127. The van der Waals surface area contributed by atoms with Crippen molar-refractivity contribution < 1.29 is 9.53 Å². The number of nitrogens with one attached hydrogen (secondary N) is 1. The first-order valence-corrected chi connectivity index (χ1v) is 5.21. The van der Waals surface area contributed by atoms with E-state index in [0.717, 1.165) is 4.47 Å². The summed E-state index contributed by atoms with van der Waals surface area (Å²) in [6.45, 7) is 3.99. The average Bonchev–Trinajstić information content (AvgIpc) is 2.25. The minimum atomic E-state index is -0.127. The van der Waals surface area contributed by atoms with Crippen LogP contribution in [0.15, 0.2) is 35.3 Å². The Morgan fingerprint density at radius 3 is 2.93 bits per heavy atom. The number of hydrogen-bond acceptors (Lipinski definition) is 2. The largest absolute Gasteiger partial charge is 0.496 e. The van der Waals surface area contributed by atoms with Gasteiger partial charge in [0.15, 0.2) is 0 Å². The van der Waals surface area contributed by atoms with Gasteiger partial charge in [0.2, 0.25) is 0 Å². The number of halogens is 1. The fourth-order valence-electron chi connectivity index (χ4n) is 1.07. The van der Waals surface area contributed by atoms with Crippen LogP contribution in [0.2, 0.25) is 0 Å². The molecule has 0 aliphatic carbocycles. The monoisotopic (exact) mass is 269 g/mol. The van der Waals surface area contributed by atoms with Crippen molar-refractivity contribution in [1.29, 1.82) is 0 Å². The summed E-state index contributed by atoms with van der Waals surface area (Å²) >= 11 is 3.32.